The van der Waals surface area contributed by atoms with Gasteiger partial charge in [-0.2, -0.15) is 13.2 Å². The molecule has 1 nitrogen and oxygen atoms in total. The van der Waals surface area contributed by atoms with Crippen molar-refractivity contribution in [1.29, 1.82) is 0 Å². The van der Waals surface area contributed by atoms with E-state index >= 15 is 0 Å². The molecular weight excluding hydrogens is 318 g/mol. The second-order valence-corrected chi connectivity index (χ2v) is 5.86. The Kier molecular flexibility index (Phi) is 6.80. The maximum Gasteiger partial charge on any atom is 0.441 e. The van der Waals surface area contributed by atoms with E-state index in [1.54, 1.807) is 12.1 Å². The van der Waals surface area contributed by atoms with E-state index in [9.17, 15) is 13.2 Å². The lowest BCUT2D eigenvalue weighted by Gasteiger charge is -2.18. The second-order valence-electron chi connectivity index (χ2n) is 3.88. The summed E-state index contributed by atoms with van der Waals surface area (Å²) in [5.41, 5.74) is -3.25. The van der Waals surface area contributed by atoms with Crippen molar-refractivity contribution < 1.29 is 13.2 Å². The van der Waals surface area contributed by atoms with Gasteiger partial charge in [0.2, 0.25) is 0 Å². The summed E-state index contributed by atoms with van der Waals surface area (Å²) < 4.78 is 36.0. The largest absolute Gasteiger partial charge is 0.441 e. The van der Waals surface area contributed by atoms with Crippen molar-refractivity contribution in [3.05, 3.63) is 33.8 Å². The minimum Gasteiger partial charge on any atom is -0.309 e. The summed E-state index contributed by atoms with van der Waals surface area (Å²) in [5.74, 6) is -0.0126. The molecule has 1 aromatic carbocycles. The molecule has 0 heterocycles. The molecule has 1 N–H and O–H groups in total. The molecule has 108 valence electrons. The molecule has 0 saturated heterocycles. The maximum absolute atomic E-state index is 12.0. The number of hydrogen-bond acceptors (Lipinski definition) is 2. The highest BCUT2D eigenvalue weighted by atomic mass is 35.5. The van der Waals surface area contributed by atoms with Crippen LogP contribution in [-0.2, 0) is 0 Å². The predicted octanol–water partition coefficient (Wildman–Crippen LogP) is 5.29. The monoisotopic (exact) mass is 331 g/mol. The third-order valence-electron chi connectivity index (χ3n) is 2.51. The van der Waals surface area contributed by atoms with Gasteiger partial charge in [-0.05, 0) is 35.9 Å². The molecule has 0 aliphatic carbocycles. The Bertz CT molecular complexity index is 412. The number of nitrogens with one attached hydrogen (secondary N) is 1. The van der Waals surface area contributed by atoms with E-state index in [0.717, 1.165) is 12.0 Å². The van der Waals surface area contributed by atoms with Crippen molar-refractivity contribution in [1.82, 2.24) is 5.32 Å². The van der Waals surface area contributed by atoms with Gasteiger partial charge in [-0.15, -0.1) is 0 Å². The van der Waals surface area contributed by atoms with Crippen LogP contribution in [0.15, 0.2) is 18.2 Å². The highest BCUT2D eigenvalue weighted by molar-refractivity contribution is 8.00. The van der Waals surface area contributed by atoms with Crippen molar-refractivity contribution in [2.75, 3.05) is 12.3 Å². The van der Waals surface area contributed by atoms with E-state index in [0.29, 0.717) is 10.0 Å². The van der Waals surface area contributed by atoms with Crippen LogP contribution in [0.25, 0.3) is 0 Å². The summed E-state index contributed by atoms with van der Waals surface area (Å²) in [4.78, 5) is 0. The molecule has 0 aliphatic heterocycles. The molecule has 1 unspecified atom stereocenters. The molecule has 1 aromatic rings. The Hall–Kier alpha value is -0.100. The highest BCUT2D eigenvalue weighted by Crippen LogP contribution is 2.30. The molecule has 0 spiro atoms. The number of rotatable bonds is 6. The number of benzene rings is 1. The molecule has 19 heavy (non-hydrogen) atoms. The summed E-state index contributed by atoms with van der Waals surface area (Å²) in [7, 11) is 0. The Morgan fingerprint density at radius 1 is 1.26 bits per heavy atom. The number of thioether (sulfide) groups is 1. The van der Waals surface area contributed by atoms with Gasteiger partial charge >= 0.3 is 5.51 Å². The molecule has 0 bridgehead atoms. The fourth-order valence-electron chi connectivity index (χ4n) is 1.63. The second kappa shape index (κ2) is 7.62. The molecule has 0 radical (unpaired) electrons. The van der Waals surface area contributed by atoms with Crippen LogP contribution in [0, 0.1) is 0 Å². The average Bonchev–Trinajstić information content (AvgIpc) is 2.32. The van der Waals surface area contributed by atoms with E-state index < -0.39 is 5.51 Å². The van der Waals surface area contributed by atoms with Crippen LogP contribution < -0.4 is 5.32 Å². The molecule has 0 aliphatic rings. The summed E-state index contributed by atoms with van der Waals surface area (Å²) >= 11 is 11.7. The highest BCUT2D eigenvalue weighted by Gasteiger charge is 2.27. The minimum absolute atomic E-state index is 0.0126. The predicted molar refractivity (Wildman–Crippen MR) is 76.0 cm³/mol. The third-order valence-corrected chi connectivity index (χ3v) is 3.99. The van der Waals surface area contributed by atoms with Gasteiger partial charge in [0.1, 0.15) is 0 Å². The van der Waals surface area contributed by atoms with Gasteiger partial charge in [0.05, 0.1) is 10.0 Å². The Morgan fingerprint density at radius 3 is 2.47 bits per heavy atom. The summed E-state index contributed by atoms with van der Waals surface area (Å²) in [6.45, 7) is 2.24. The van der Waals surface area contributed by atoms with Crippen LogP contribution in [-0.4, -0.2) is 17.8 Å². The van der Waals surface area contributed by atoms with Crippen LogP contribution in [0.5, 0.6) is 0 Å². The van der Waals surface area contributed by atoms with Gasteiger partial charge < -0.3 is 5.32 Å². The number of hydrogen-bond donors (Lipinski definition) is 1. The molecule has 0 fully saturated rings. The number of alkyl halides is 3. The third kappa shape index (κ3) is 6.25. The smallest absolute Gasteiger partial charge is 0.309 e. The zero-order valence-corrected chi connectivity index (χ0v) is 12.6. The van der Waals surface area contributed by atoms with Crippen molar-refractivity contribution in [3.63, 3.8) is 0 Å². The van der Waals surface area contributed by atoms with Gasteiger partial charge in [-0.25, -0.2) is 0 Å². The molecular formula is C12H14Cl2F3NS. The normalized spacial score (nSPS) is 13.6. The summed E-state index contributed by atoms with van der Waals surface area (Å²) in [5, 5.41) is 4.00. The quantitative estimate of drug-likeness (QED) is 0.711. The van der Waals surface area contributed by atoms with Gasteiger partial charge in [0.15, 0.2) is 0 Å². The van der Waals surface area contributed by atoms with Gasteiger partial charge in [-0.3, -0.25) is 0 Å². The standard InChI is InChI=1S/C12H14Cl2F3NS/c1-2-11(18-5-6-19-12(15,16)17)8-3-4-9(13)10(14)7-8/h3-4,7,11,18H,2,5-6H2,1H3. The van der Waals surface area contributed by atoms with Crippen LogP contribution in [0.3, 0.4) is 0 Å². The van der Waals surface area contributed by atoms with Crippen molar-refractivity contribution in [2.24, 2.45) is 0 Å². The zero-order chi connectivity index (χ0) is 14.5. The molecule has 0 aromatic heterocycles. The SMILES string of the molecule is CCC(NCCSC(F)(F)F)c1ccc(Cl)c(Cl)c1. The van der Waals surface area contributed by atoms with Gasteiger partial charge in [-0.1, -0.05) is 36.2 Å². The lowest BCUT2D eigenvalue weighted by atomic mass is 10.0. The van der Waals surface area contributed by atoms with E-state index in [4.69, 9.17) is 23.2 Å². The first-order valence-corrected chi connectivity index (χ1v) is 7.46. The lowest BCUT2D eigenvalue weighted by molar-refractivity contribution is -0.0327. The van der Waals surface area contributed by atoms with Crippen LogP contribution in [0.2, 0.25) is 10.0 Å². The Morgan fingerprint density at radius 2 is 1.95 bits per heavy atom. The molecule has 0 amide bonds. The minimum atomic E-state index is -4.17. The van der Waals surface area contributed by atoms with Crippen LogP contribution in [0.1, 0.15) is 24.9 Å². The van der Waals surface area contributed by atoms with Crippen molar-refractivity contribution in [3.8, 4) is 0 Å². The first-order valence-electron chi connectivity index (χ1n) is 5.72. The topological polar surface area (TPSA) is 12.0 Å². The van der Waals surface area contributed by atoms with E-state index in [-0.39, 0.29) is 30.1 Å². The zero-order valence-electron chi connectivity index (χ0n) is 10.2. The fourth-order valence-corrected chi connectivity index (χ4v) is 2.38. The van der Waals surface area contributed by atoms with Gasteiger partial charge in [0.25, 0.3) is 0 Å². The molecule has 0 saturated carbocycles. The van der Waals surface area contributed by atoms with Crippen molar-refractivity contribution in [2.45, 2.75) is 24.9 Å². The van der Waals surface area contributed by atoms with Gasteiger partial charge in [0, 0.05) is 18.3 Å². The lowest BCUT2D eigenvalue weighted by Crippen LogP contribution is -2.24. The maximum atomic E-state index is 12.0. The molecule has 1 rings (SSSR count). The van der Waals surface area contributed by atoms with E-state index in [1.807, 2.05) is 13.0 Å². The summed E-state index contributed by atoms with van der Waals surface area (Å²) in [6, 6.07) is 5.23. The Labute approximate surface area is 124 Å². The Balaban J connectivity index is 2.51. The first-order chi connectivity index (χ1) is 8.83. The average molecular weight is 332 g/mol. The first kappa shape index (κ1) is 17.0. The summed E-state index contributed by atoms with van der Waals surface area (Å²) in [6.07, 6.45) is 0.759. The van der Waals surface area contributed by atoms with E-state index in [2.05, 4.69) is 5.32 Å². The number of halogens is 5. The fraction of sp³-hybridized carbons (Fsp3) is 0.500. The van der Waals surface area contributed by atoms with Crippen molar-refractivity contribution >= 4 is 35.0 Å². The van der Waals surface area contributed by atoms with Crippen LogP contribution >= 0.6 is 35.0 Å². The van der Waals surface area contributed by atoms with E-state index in [1.165, 1.54) is 0 Å². The molecule has 7 heteroatoms. The van der Waals surface area contributed by atoms with Crippen LogP contribution in [0.4, 0.5) is 13.2 Å². The molecule has 1 atom stereocenters.